The van der Waals surface area contributed by atoms with Crippen molar-refractivity contribution in [2.24, 2.45) is 0 Å². The minimum Gasteiger partial charge on any atom is -0.465 e. The van der Waals surface area contributed by atoms with Gasteiger partial charge in [-0.3, -0.25) is 9.78 Å². The van der Waals surface area contributed by atoms with E-state index in [9.17, 15) is 9.59 Å². The molecule has 2 rings (SSSR count). The first kappa shape index (κ1) is 15.2. The predicted molar refractivity (Wildman–Crippen MR) is 77.8 cm³/mol. The first-order valence-electron chi connectivity index (χ1n) is 5.68. The van der Waals surface area contributed by atoms with Gasteiger partial charge in [0.2, 0.25) is 0 Å². The first-order valence-corrected chi connectivity index (χ1v) is 6.43. The lowest BCUT2D eigenvalue weighted by Crippen LogP contribution is -2.14. The zero-order chi connectivity index (χ0) is 15.4. The number of anilines is 1. The molecule has 0 fully saturated rings. The van der Waals surface area contributed by atoms with Gasteiger partial charge in [-0.25, -0.2) is 9.78 Å². The quantitative estimate of drug-likeness (QED) is 0.877. The molecule has 0 saturated heterocycles. The van der Waals surface area contributed by atoms with Crippen molar-refractivity contribution < 1.29 is 14.3 Å². The number of carbonyl (C=O) groups is 2. The number of methoxy groups -OCH3 is 1. The summed E-state index contributed by atoms with van der Waals surface area (Å²) in [6, 6.07) is 4.43. The second-order valence-corrected chi connectivity index (χ2v) is 4.66. The van der Waals surface area contributed by atoms with Gasteiger partial charge in [0, 0.05) is 5.69 Å². The Kier molecular flexibility index (Phi) is 4.72. The number of amides is 1. The van der Waals surface area contributed by atoms with Gasteiger partial charge in [-0.2, -0.15) is 0 Å². The number of halogens is 2. The zero-order valence-corrected chi connectivity index (χ0v) is 12.3. The molecule has 108 valence electrons. The van der Waals surface area contributed by atoms with E-state index in [0.29, 0.717) is 5.69 Å². The minimum atomic E-state index is -0.598. The summed E-state index contributed by atoms with van der Waals surface area (Å²) >= 11 is 11.6. The summed E-state index contributed by atoms with van der Waals surface area (Å²) in [4.78, 5) is 31.1. The van der Waals surface area contributed by atoms with Crippen LogP contribution in [0.5, 0.6) is 0 Å². The third-order valence-corrected chi connectivity index (χ3v) is 2.98. The molecule has 0 unspecified atom stereocenters. The Morgan fingerprint density at radius 3 is 2.67 bits per heavy atom. The molecule has 0 aliphatic heterocycles. The average molecular weight is 326 g/mol. The number of ether oxygens (including phenoxy) is 1. The van der Waals surface area contributed by atoms with Crippen molar-refractivity contribution in [2.45, 2.75) is 0 Å². The summed E-state index contributed by atoms with van der Waals surface area (Å²) in [6.07, 6.45) is 2.59. The molecule has 1 N–H and O–H groups in total. The molecule has 0 spiro atoms. The van der Waals surface area contributed by atoms with E-state index in [1.165, 1.54) is 31.6 Å². The van der Waals surface area contributed by atoms with Gasteiger partial charge in [0.05, 0.1) is 30.1 Å². The van der Waals surface area contributed by atoms with Crippen molar-refractivity contribution in [2.75, 3.05) is 12.4 Å². The maximum Gasteiger partial charge on any atom is 0.339 e. The Hall–Kier alpha value is -2.18. The maximum absolute atomic E-state index is 12.0. The normalized spacial score (nSPS) is 10.0. The Morgan fingerprint density at radius 2 is 2.00 bits per heavy atom. The fourth-order valence-corrected chi connectivity index (χ4v) is 1.86. The average Bonchev–Trinajstić information content (AvgIpc) is 2.48. The van der Waals surface area contributed by atoms with Crippen molar-refractivity contribution in [1.29, 1.82) is 0 Å². The van der Waals surface area contributed by atoms with Crippen LogP contribution >= 0.6 is 23.2 Å². The van der Waals surface area contributed by atoms with Crippen LogP contribution in [0.4, 0.5) is 5.69 Å². The SMILES string of the molecule is COC(=O)c1cc(NC(=O)c2cncc(Cl)n2)ccc1Cl. The molecule has 8 heteroatoms. The Labute approximate surface area is 130 Å². The molecule has 0 aliphatic rings. The molecule has 1 amide bonds. The number of rotatable bonds is 3. The minimum absolute atomic E-state index is 0.0528. The molecule has 1 aromatic heterocycles. The van der Waals surface area contributed by atoms with E-state index in [-0.39, 0.29) is 21.4 Å². The van der Waals surface area contributed by atoms with Crippen molar-refractivity contribution >= 4 is 40.8 Å². The van der Waals surface area contributed by atoms with E-state index in [0.717, 1.165) is 0 Å². The molecule has 2 aromatic rings. The second-order valence-electron chi connectivity index (χ2n) is 3.87. The van der Waals surface area contributed by atoms with E-state index >= 15 is 0 Å². The van der Waals surface area contributed by atoms with Gasteiger partial charge < -0.3 is 10.1 Å². The van der Waals surface area contributed by atoms with E-state index < -0.39 is 11.9 Å². The van der Waals surface area contributed by atoms with Gasteiger partial charge in [-0.1, -0.05) is 23.2 Å². The lowest BCUT2D eigenvalue weighted by molar-refractivity contribution is 0.0600. The Balaban J connectivity index is 2.24. The summed E-state index contributed by atoms with van der Waals surface area (Å²) < 4.78 is 4.60. The lowest BCUT2D eigenvalue weighted by atomic mass is 10.2. The third kappa shape index (κ3) is 3.68. The van der Waals surface area contributed by atoms with Crippen LogP contribution in [0.25, 0.3) is 0 Å². The highest BCUT2D eigenvalue weighted by molar-refractivity contribution is 6.33. The molecule has 1 heterocycles. The summed E-state index contributed by atoms with van der Waals surface area (Å²) in [6.45, 7) is 0. The molecule has 0 atom stereocenters. The number of benzene rings is 1. The topological polar surface area (TPSA) is 81.2 Å². The van der Waals surface area contributed by atoms with Gasteiger partial charge >= 0.3 is 5.97 Å². The van der Waals surface area contributed by atoms with Crippen molar-refractivity contribution in [3.8, 4) is 0 Å². The second kappa shape index (κ2) is 6.51. The van der Waals surface area contributed by atoms with Crippen LogP contribution in [0.3, 0.4) is 0 Å². The van der Waals surface area contributed by atoms with Gasteiger partial charge in [-0.15, -0.1) is 0 Å². The number of hydrogen-bond acceptors (Lipinski definition) is 5. The fraction of sp³-hybridized carbons (Fsp3) is 0.0769. The summed E-state index contributed by atoms with van der Waals surface area (Å²) in [5.41, 5.74) is 0.567. The smallest absolute Gasteiger partial charge is 0.339 e. The van der Waals surface area contributed by atoms with E-state index in [1.807, 2.05) is 0 Å². The first-order chi connectivity index (χ1) is 10.0. The van der Waals surface area contributed by atoms with E-state index in [4.69, 9.17) is 23.2 Å². The fourth-order valence-electron chi connectivity index (χ4n) is 1.52. The molecular weight excluding hydrogens is 317 g/mol. The standard InChI is InChI=1S/C13H9Cl2N3O3/c1-21-13(20)8-4-7(2-3-9(8)14)17-12(19)10-5-16-6-11(15)18-10/h2-6H,1H3,(H,17,19). The Morgan fingerprint density at radius 1 is 1.24 bits per heavy atom. The number of nitrogens with one attached hydrogen (secondary N) is 1. The summed E-state index contributed by atoms with van der Waals surface area (Å²) in [5, 5.41) is 2.90. The number of aromatic nitrogens is 2. The van der Waals surface area contributed by atoms with Gasteiger partial charge in [0.1, 0.15) is 10.8 Å². The predicted octanol–water partition coefficient (Wildman–Crippen LogP) is 2.82. The number of carbonyl (C=O) groups excluding carboxylic acids is 2. The monoisotopic (exact) mass is 325 g/mol. The highest BCUT2D eigenvalue weighted by atomic mass is 35.5. The molecule has 6 nitrogen and oxygen atoms in total. The van der Waals surface area contributed by atoms with E-state index in [2.05, 4.69) is 20.0 Å². The van der Waals surface area contributed by atoms with Crippen molar-refractivity contribution in [3.63, 3.8) is 0 Å². The lowest BCUT2D eigenvalue weighted by Gasteiger charge is -2.07. The largest absolute Gasteiger partial charge is 0.465 e. The molecule has 0 radical (unpaired) electrons. The van der Waals surface area contributed by atoms with Crippen LogP contribution < -0.4 is 5.32 Å². The third-order valence-electron chi connectivity index (χ3n) is 2.47. The molecule has 21 heavy (non-hydrogen) atoms. The van der Waals surface area contributed by atoms with Crippen LogP contribution in [0.1, 0.15) is 20.8 Å². The highest BCUT2D eigenvalue weighted by Crippen LogP contribution is 2.21. The molecule has 1 aromatic carbocycles. The highest BCUT2D eigenvalue weighted by Gasteiger charge is 2.14. The summed E-state index contributed by atoms with van der Waals surface area (Å²) in [5.74, 6) is -1.11. The van der Waals surface area contributed by atoms with Crippen LogP contribution in [-0.2, 0) is 4.74 Å². The van der Waals surface area contributed by atoms with Crippen LogP contribution in [0.2, 0.25) is 10.2 Å². The van der Waals surface area contributed by atoms with Crippen molar-refractivity contribution in [1.82, 2.24) is 9.97 Å². The van der Waals surface area contributed by atoms with Gasteiger partial charge in [-0.05, 0) is 18.2 Å². The van der Waals surface area contributed by atoms with Gasteiger partial charge in [0.25, 0.3) is 5.91 Å². The number of nitrogens with zero attached hydrogens (tertiary/aromatic N) is 2. The molecule has 0 saturated carbocycles. The van der Waals surface area contributed by atoms with Crippen molar-refractivity contribution in [3.05, 3.63) is 52.0 Å². The maximum atomic E-state index is 12.0. The summed E-state index contributed by atoms with van der Waals surface area (Å²) in [7, 11) is 1.24. The Bertz CT molecular complexity index is 707. The van der Waals surface area contributed by atoms with Crippen LogP contribution in [0, 0.1) is 0 Å². The van der Waals surface area contributed by atoms with Crippen LogP contribution in [0.15, 0.2) is 30.6 Å². The van der Waals surface area contributed by atoms with Crippen LogP contribution in [-0.4, -0.2) is 29.0 Å². The molecule has 0 bridgehead atoms. The van der Waals surface area contributed by atoms with E-state index in [1.54, 1.807) is 6.07 Å². The number of hydrogen-bond donors (Lipinski definition) is 1. The van der Waals surface area contributed by atoms with Gasteiger partial charge in [0.15, 0.2) is 0 Å². The zero-order valence-electron chi connectivity index (χ0n) is 10.8. The molecular formula is C13H9Cl2N3O3. The molecule has 0 aliphatic carbocycles. The number of esters is 1.